The number of amides is 1. The lowest BCUT2D eigenvalue weighted by Gasteiger charge is -2.18. The van der Waals surface area contributed by atoms with Crippen LogP contribution in [0.4, 0.5) is 5.82 Å². The van der Waals surface area contributed by atoms with E-state index in [0.717, 1.165) is 35.8 Å². The van der Waals surface area contributed by atoms with Crippen LogP contribution in [0.2, 0.25) is 0 Å². The third-order valence-electron chi connectivity index (χ3n) is 5.68. The van der Waals surface area contributed by atoms with Crippen molar-refractivity contribution in [3.05, 3.63) is 65.1 Å². The summed E-state index contributed by atoms with van der Waals surface area (Å²) in [6.07, 6.45) is 13.6. The highest BCUT2D eigenvalue weighted by atomic mass is 16.5. The van der Waals surface area contributed by atoms with Gasteiger partial charge in [-0.3, -0.25) is 4.79 Å². The first kappa shape index (κ1) is 19.5. The maximum absolute atomic E-state index is 12.6. The van der Waals surface area contributed by atoms with Crippen LogP contribution < -0.4 is 10.6 Å². The molecule has 3 aliphatic rings. The predicted octanol–water partition coefficient (Wildman–Crippen LogP) is 2.87. The zero-order valence-electron chi connectivity index (χ0n) is 17.2. The summed E-state index contributed by atoms with van der Waals surface area (Å²) in [5.41, 5.74) is 3.22. The molecule has 3 heterocycles. The molecule has 0 fully saturated rings. The molecule has 29 heavy (non-hydrogen) atoms. The van der Waals surface area contributed by atoms with E-state index >= 15 is 0 Å². The van der Waals surface area contributed by atoms with Crippen LogP contribution in [0.25, 0.3) is 6.08 Å². The first-order valence-corrected chi connectivity index (χ1v) is 10.1. The first-order chi connectivity index (χ1) is 14.0. The van der Waals surface area contributed by atoms with E-state index < -0.39 is 0 Å². The number of carbonyl (C=O) groups is 1. The van der Waals surface area contributed by atoms with Gasteiger partial charge < -0.3 is 20.3 Å². The quantitative estimate of drug-likeness (QED) is 0.772. The number of pyridine rings is 1. The van der Waals surface area contributed by atoms with Crippen molar-refractivity contribution in [2.45, 2.75) is 32.5 Å². The summed E-state index contributed by atoms with van der Waals surface area (Å²) in [7, 11) is 1.80. The molecule has 0 aromatic carbocycles. The Labute approximate surface area is 172 Å². The van der Waals surface area contributed by atoms with Crippen molar-refractivity contribution in [2.24, 2.45) is 5.92 Å². The summed E-state index contributed by atoms with van der Waals surface area (Å²) in [5.74, 6) is 2.02. The minimum Gasteiger partial charge on any atom is -0.488 e. The number of rotatable bonds is 4. The molecule has 152 valence electrons. The summed E-state index contributed by atoms with van der Waals surface area (Å²) < 4.78 is 6.04. The monoisotopic (exact) mass is 392 g/mol. The fourth-order valence-electron chi connectivity index (χ4n) is 3.80. The minimum absolute atomic E-state index is 0.0598. The van der Waals surface area contributed by atoms with Gasteiger partial charge in [-0.2, -0.15) is 0 Å². The Hall–Kier alpha value is -2.86. The van der Waals surface area contributed by atoms with Crippen molar-refractivity contribution in [1.82, 2.24) is 15.2 Å². The van der Waals surface area contributed by atoms with Crippen molar-refractivity contribution in [2.75, 3.05) is 25.5 Å². The van der Waals surface area contributed by atoms with E-state index in [1.54, 1.807) is 24.2 Å². The fraction of sp³-hybridized carbons (Fsp3) is 0.391. The third-order valence-corrected chi connectivity index (χ3v) is 5.68. The van der Waals surface area contributed by atoms with Crippen LogP contribution in [0.3, 0.4) is 0 Å². The van der Waals surface area contributed by atoms with Crippen molar-refractivity contribution in [3.63, 3.8) is 0 Å². The number of anilines is 1. The Bertz CT molecular complexity index is 915. The Morgan fingerprint density at radius 2 is 2.21 bits per heavy atom. The van der Waals surface area contributed by atoms with Crippen molar-refractivity contribution in [3.8, 4) is 0 Å². The molecule has 6 heteroatoms. The Balaban J connectivity index is 1.39. The lowest BCUT2D eigenvalue weighted by molar-refractivity contribution is -0.124. The molecule has 3 atom stereocenters. The zero-order valence-corrected chi connectivity index (χ0v) is 17.2. The smallest absolute Gasteiger partial charge is 0.246 e. The molecular weight excluding hydrogens is 364 g/mol. The molecular formula is C23H28N4O2. The maximum Gasteiger partial charge on any atom is 0.246 e. The summed E-state index contributed by atoms with van der Waals surface area (Å²) >= 11 is 0. The normalized spacial score (nSPS) is 25.3. The van der Waals surface area contributed by atoms with E-state index in [2.05, 4.69) is 53.8 Å². The molecule has 1 aliphatic carbocycles. The number of nitrogens with zero attached hydrogens (tertiary/aromatic N) is 2. The highest BCUT2D eigenvalue weighted by Gasteiger charge is 2.32. The van der Waals surface area contributed by atoms with Crippen LogP contribution in [-0.4, -0.2) is 48.1 Å². The summed E-state index contributed by atoms with van der Waals surface area (Å²) in [6, 6.07) is 2.46. The van der Waals surface area contributed by atoms with Gasteiger partial charge in [0.25, 0.3) is 0 Å². The number of nitrogens with one attached hydrogen (secondary N) is 2. The molecule has 0 spiro atoms. The number of hydrogen-bond acceptors (Lipinski definition) is 5. The summed E-state index contributed by atoms with van der Waals surface area (Å²) in [4.78, 5) is 18.8. The number of ether oxygens (including phenoxy) is 1. The number of fused-ring (bicyclic) bond motifs is 2. The standard InChI is InChI=1S/C23H28N4O2/c1-15-11-25-23-18(13-24-15)10-17(12-26-23)8-9-22(28)27(3)14-21-16(2)19-6-4-5-7-20(19)29-21/h4-10,12,15,19-20,24H,11,13-14H2,1-3H3,(H,25,26)/b9-8+/t15-,19?,20?/m0/s1. The molecule has 2 aliphatic heterocycles. The third kappa shape index (κ3) is 4.27. The van der Waals surface area contributed by atoms with Gasteiger partial charge in [0.05, 0.1) is 6.54 Å². The molecule has 6 nitrogen and oxygen atoms in total. The largest absolute Gasteiger partial charge is 0.488 e. The lowest BCUT2D eigenvalue weighted by atomic mass is 9.92. The van der Waals surface area contributed by atoms with Gasteiger partial charge in [-0.15, -0.1) is 0 Å². The number of likely N-dealkylation sites (N-methyl/N-ethyl adjacent to an activating group) is 1. The van der Waals surface area contributed by atoms with Crippen LogP contribution in [0.5, 0.6) is 0 Å². The number of carbonyl (C=O) groups excluding carboxylic acids is 1. The SMILES string of the molecule is CC1=C(CN(C)C(=O)/C=C/c2cnc3c(c2)CN[C@@H](C)CN3)OC2C=CC=CC12. The van der Waals surface area contributed by atoms with E-state index in [4.69, 9.17) is 4.74 Å². The van der Waals surface area contributed by atoms with Crippen LogP contribution in [0.15, 0.2) is 54.0 Å². The summed E-state index contributed by atoms with van der Waals surface area (Å²) in [5, 5.41) is 6.80. The van der Waals surface area contributed by atoms with Crippen molar-refractivity contribution in [1.29, 1.82) is 0 Å². The number of allylic oxidation sites excluding steroid dienone is 2. The van der Waals surface area contributed by atoms with E-state index in [9.17, 15) is 4.79 Å². The summed E-state index contributed by atoms with van der Waals surface area (Å²) in [6.45, 7) is 6.31. The molecule has 1 amide bonds. The van der Waals surface area contributed by atoms with Crippen molar-refractivity contribution < 1.29 is 9.53 Å². The Kier molecular flexibility index (Phi) is 5.53. The van der Waals surface area contributed by atoms with Crippen molar-refractivity contribution >= 4 is 17.8 Å². The first-order valence-electron chi connectivity index (χ1n) is 10.1. The molecule has 0 saturated carbocycles. The molecule has 2 N–H and O–H groups in total. The Morgan fingerprint density at radius 1 is 1.38 bits per heavy atom. The Morgan fingerprint density at radius 3 is 3.03 bits per heavy atom. The van der Waals surface area contributed by atoms with E-state index in [-0.39, 0.29) is 17.9 Å². The van der Waals surface area contributed by atoms with Gasteiger partial charge in [0.2, 0.25) is 5.91 Å². The van der Waals surface area contributed by atoms with Crippen LogP contribution >= 0.6 is 0 Å². The molecule has 1 aromatic rings. The molecule has 1 aromatic heterocycles. The van der Waals surface area contributed by atoms with Gasteiger partial charge in [0.15, 0.2) is 0 Å². The minimum atomic E-state index is -0.0605. The van der Waals surface area contributed by atoms with E-state index in [1.165, 1.54) is 5.57 Å². The molecule has 0 radical (unpaired) electrons. The number of hydrogen-bond donors (Lipinski definition) is 2. The second kappa shape index (κ2) is 8.25. The van der Waals surface area contributed by atoms with E-state index in [1.807, 2.05) is 12.2 Å². The fourth-order valence-corrected chi connectivity index (χ4v) is 3.80. The average Bonchev–Trinajstić information content (AvgIpc) is 2.92. The highest BCUT2D eigenvalue weighted by molar-refractivity contribution is 5.91. The van der Waals surface area contributed by atoms with E-state index in [0.29, 0.717) is 12.6 Å². The molecule has 4 rings (SSSR count). The predicted molar refractivity (Wildman–Crippen MR) is 115 cm³/mol. The molecule has 2 unspecified atom stereocenters. The second-order valence-corrected chi connectivity index (χ2v) is 7.95. The zero-order chi connectivity index (χ0) is 20.4. The van der Waals surface area contributed by atoms with Gasteiger partial charge in [-0.1, -0.05) is 18.2 Å². The van der Waals surface area contributed by atoms with Crippen LogP contribution in [0.1, 0.15) is 25.0 Å². The lowest BCUT2D eigenvalue weighted by Crippen LogP contribution is -2.29. The average molecular weight is 393 g/mol. The van der Waals surface area contributed by atoms with Gasteiger partial charge in [-0.05, 0) is 43.2 Å². The maximum atomic E-state index is 12.6. The van der Waals surface area contributed by atoms with Crippen LogP contribution in [-0.2, 0) is 16.1 Å². The van der Waals surface area contributed by atoms with Gasteiger partial charge in [-0.25, -0.2) is 4.98 Å². The van der Waals surface area contributed by atoms with Crippen LogP contribution in [0, 0.1) is 5.92 Å². The molecule has 0 bridgehead atoms. The van der Waals surface area contributed by atoms with Gasteiger partial charge >= 0.3 is 0 Å². The number of aromatic nitrogens is 1. The molecule has 0 saturated heterocycles. The highest BCUT2D eigenvalue weighted by Crippen LogP contribution is 2.34. The second-order valence-electron chi connectivity index (χ2n) is 7.95. The van der Waals surface area contributed by atoms with Gasteiger partial charge in [0.1, 0.15) is 17.7 Å². The van der Waals surface area contributed by atoms with Gasteiger partial charge in [0, 0.05) is 49.9 Å². The topological polar surface area (TPSA) is 66.5 Å².